The van der Waals surface area contributed by atoms with E-state index in [-0.39, 0.29) is 15.5 Å². The molecular weight excluding hydrogens is 407 g/mol. The Morgan fingerprint density at radius 2 is 1.78 bits per heavy atom. The summed E-state index contributed by atoms with van der Waals surface area (Å²) in [6, 6.07) is 9.59. The van der Waals surface area contributed by atoms with Gasteiger partial charge in [-0.2, -0.15) is 4.31 Å². The van der Waals surface area contributed by atoms with Crippen molar-refractivity contribution in [1.29, 1.82) is 0 Å². The molecule has 8 heteroatoms. The Bertz CT molecular complexity index is 971. The lowest BCUT2D eigenvalue weighted by Gasteiger charge is -2.26. The number of nitrogens with one attached hydrogen (secondary N) is 1. The van der Waals surface area contributed by atoms with Crippen LogP contribution in [0.4, 0.5) is 5.69 Å². The van der Waals surface area contributed by atoms with Crippen molar-refractivity contribution >= 4 is 44.8 Å². The number of hydrogen-bond acceptors (Lipinski definition) is 3. The van der Waals surface area contributed by atoms with Crippen LogP contribution in [0.3, 0.4) is 0 Å². The lowest BCUT2D eigenvalue weighted by molar-refractivity contribution is 0.102. The monoisotopic (exact) mass is 426 g/mol. The fourth-order valence-electron chi connectivity index (χ4n) is 3.06. The van der Waals surface area contributed by atoms with E-state index in [2.05, 4.69) is 5.32 Å². The van der Waals surface area contributed by atoms with Gasteiger partial charge >= 0.3 is 0 Å². The maximum atomic E-state index is 13.0. The third-order valence-corrected chi connectivity index (χ3v) is 7.44. The van der Waals surface area contributed by atoms with Crippen molar-refractivity contribution in [3.63, 3.8) is 0 Å². The summed E-state index contributed by atoms with van der Waals surface area (Å²) in [5, 5.41) is 3.24. The first-order valence-electron chi connectivity index (χ1n) is 8.67. The second-order valence-electron chi connectivity index (χ2n) is 6.50. The van der Waals surface area contributed by atoms with Gasteiger partial charge in [0.15, 0.2) is 0 Å². The second-order valence-corrected chi connectivity index (χ2v) is 9.19. The van der Waals surface area contributed by atoms with Gasteiger partial charge in [0.25, 0.3) is 5.91 Å². The smallest absolute Gasteiger partial charge is 0.255 e. The van der Waals surface area contributed by atoms with E-state index in [1.54, 1.807) is 37.3 Å². The summed E-state index contributed by atoms with van der Waals surface area (Å²) < 4.78 is 27.5. The topological polar surface area (TPSA) is 66.5 Å². The van der Waals surface area contributed by atoms with Crippen molar-refractivity contribution in [2.45, 2.75) is 31.1 Å². The molecule has 1 amide bonds. The van der Waals surface area contributed by atoms with Crippen LogP contribution in [0.15, 0.2) is 41.3 Å². The van der Waals surface area contributed by atoms with Crippen molar-refractivity contribution in [3.8, 4) is 0 Å². The molecule has 5 nitrogen and oxygen atoms in total. The number of sulfonamides is 1. The minimum atomic E-state index is -3.63. The summed E-state index contributed by atoms with van der Waals surface area (Å²) in [4.78, 5) is 12.8. The number of anilines is 1. The molecule has 0 aromatic heterocycles. The summed E-state index contributed by atoms with van der Waals surface area (Å²) >= 11 is 12.1. The van der Waals surface area contributed by atoms with Crippen LogP contribution in [0.1, 0.15) is 35.2 Å². The zero-order chi connectivity index (χ0) is 19.6. The van der Waals surface area contributed by atoms with Gasteiger partial charge in [-0.3, -0.25) is 4.79 Å². The number of carbonyl (C=O) groups is 1. The molecule has 3 rings (SSSR count). The van der Waals surface area contributed by atoms with Crippen LogP contribution in [-0.2, 0) is 10.0 Å². The Morgan fingerprint density at radius 1 is 1.07 bits per heavy atom. The molecule has 0 unspecified atom stereocenters. The van der Waals surface area contributed by atoms with Crippen molar-refractivity contribution < 1.29 is 13.2 Å². The second kappa shape index (κ2) is 8.19. The first-order valence-corrected chi connectivity index (χ1v) is 10.9. The summed E-state index contributed by atoms with van der Waals surface area (Å²) in [6.45, 7) is 2.75. The molecule has 1 aliphatic rings. The summed E-state index contributed by atoms with van der Waals surface area (Å²) in [6.07, 6.45) is 2.74. The van der Waals surface area contributed by atoms with Gasteiger partial charge in [-0.25, -0.2) is 8.42 Å². The van der Waals surface area contributed by atoms with E-state index in [4.69, 9.17) is 23.2 Å². The van der Waals surface area contributed by atoms with E-state index in [9.17, 15) is 13.2 Å². The zero-order valence-electron chi connectivity index (χ0n) is 14.8. The Balaban J connectivity index is 1.90. The first-order chi connectivity index (χ1) is 12.8. The molecule has 0 atom stereocenters. The average molecular weight is 427 g/mol. The van der Waals surface area contributed by atoms with Gasteiger partial charge in [0.2, 0.25) is 10.0 Å². The van der Waals surface area contributed by atoms with Gasteiger partial charge in [-0.1, -0.05) is 41.8 Å². The maximum absolute atomic E-state index is 13.0. The Morgan fingerprint density at radius 3 is 2.48 bits per heavy atom. The first kappa shape index (κ1) is 20.1. The van der Waals surface area contributed by atoms with Gasteiger partial charge in [-0.05, 0) is 49.6 Å². The van der Waals surface area contributed by atoms with Crippen LogP contribution in [0.5, 0.6) is 0 Å². The van der Waals surface area contributed by atoms with Gasteiger partial charge in [0.05, 0.1) is 20.6 Å². The van der Waals surface area contributed by atoms with E-state index in [0.29, 0.717) is 29.4 Å². The molecule has 0 bridgehead atoms. The predicted octanol–water partition coefficient (Wildman–Crippen LogP) is 4.73. The molecule has 0 aliphatic carbocycles. The molecule has 0 radical (unpaired) electrons. The lowest BCUT2D eigenvalue weighted by Crippen LogP contribution is -2.36. The van der Waals surface area contributed by atoms with Crippen molar-refractivity contribution in [2.75, 3.05) is 18.4 Å². The Kier molecular flexibility index (Phi) is 6.11. The molecule has 27 heavy (non-hydrogen) atoms. The molecule has 144 valence electrons. The number of hydrogen-bond donors (Lipinski definition) is 1. The molecule has 1 saturated heterocycles. The predicted molar refractivity (Wildman–Crippen MR) is 108 cm³/mol. The van der Waals surface area contributed by atoms with Crippen molar-refractivity contribution in [1.82, 2.24) is 4.31 Å². The number of halogens is 2. The average Bonchev–Trinajstić information content (AvgIpc) is 2.66. The van der Waals surface area contributed by atoms with Gasteiger partial charge in [-0.15, -0.1) is 0 Å². The number of piperidine rings is 1. The highest BCUT2D eigenvalue weighted by molar-refractivity contribution is 7.89. The number of carbonyl (C=O) groups excluding carboxylic acids is 1. The molecule has 1 N–H and O–H groups in total. The van der Waals surface area contributed by atoms with Crippen LogP contribution in [0.25, 0.3) is 0 Å². The SMILES string of the molecule is Cc1ccc(C(=O)Nc2cccc(Cl)c2Cl)cc1S(=O)(=O)N1CCCCC1. The molecule has 1 aliphatic heterocycles. The van der Waals surface area contributed by atoms with E-state index in [1.807, 2.05) is 0 Å². The highest BCUT2D eigenvalue weighted by Crippen LogP contribution is 2.30. The standard InChI is InChI=1S/C19H20Cl2N2O3S/c1-13-8-9-14(19(24)22-16-7-5-6-15(20)18(16)21)12-17(13)27(25,26)23-10-3-2-4-11-23/h5-9,12H,2-4,10-11H2,1H3,(H,22,24). The van der Waals surface area contributed by atoms with Crippen molar-refractivity contribution in [3.05, 3.63) is 57.6 Å². The normalized spacial score (nSPS) is 15.5. The molecule has 1 heterocycles. The molecule has 0 saturated carbocycles. The molecular formula is C19H20Cl2N2O3S. The summed E-state index contributed by atoms with van der Waals surface area (Å²) in [5.41, 5.74) is 1.22. The third kappa shape index (κ3) is 4.29. The third-order valence-electron chi connectivity index (χ3n) is 4.58. The van der Waals surface area contributed by atoms with E-state index >= 15 is 0 Å². The molecule has 2 aromatic carbocycles. The molecule has 2 aromatic rings. The number of nitrogens with zero attached hydrogens (tertiary/aromatic N) is 1. The van der Waals surface area contributed by atoms with E-state index in [0.717, 1.165) is 19.3 Å². The van der Waals surface area contributed by atoms with Crippen LogP contribution < -0.4 is 5.32 Å². The minimum absolute atomic E-state index is 0.161. The highest BCUT2D eigenvalue weighted by atomic mass is 35.5. The quantitative estimate of drug-likeness (QED) is 0.767. The fraction of sp³-hybridized carbons (Fsp3) is 0.316. The van der Waals surface area contributed by atoms with Gasteiger partial charge in [0, 0.05) is 18.7 Å². The van der Waals surface area contributed by atoms with Gasteiger partial charge < -0.3 is 5.32 Å². The molecule has 0 spiro atoms. The maximum Gasteiger partial charge on any atom is 0.255 e. The zero-order valence-corrected chi connectivity index (χ0v) is 17.2. The highest BCUT2D eigenvalue weighted by Gasteiger charge is 2.28. The van der Waals surface area contributed by atoms with Crippen LogP contribution in [0.2, 0.25) is 10.0 Å². The number of amides is 1. The number of rotatable bonds is 4. The van der Waals surface area contributed by atoms with Crippen LogP contribution >= 0.6 is 23.2 Å². The number of aryl methyl sites for hydroxylation is 1. The fourth-order valence-corrected chi connectivity index (χ4v) is 5.17. The lowest BCUT2D eigenvalue weighted by atomic mass is 10.1. The Labute approximate surface area is 169 Å². The summed E-state index contributed by atoms with van der Waals surface area (Å²) in [5.74, 6) is -0.450. The van der Waals surface area contributed by atoms with Crippen molar-refractivity contribution in [2.24, 2.45) is 0 Å². The number of benzene rings is 2. The summed E-state index contributed by atoms with van der Waals surface area (Å²) in [7, 11) is -3.63. The van der Waals surface area contributed by atoms with E-state index in [1.165, 1.54) is 10.4 Å². The van der Waals surface area contributed by atoms with Crippen LogP contribution in [0, 0.1) is 6.92 Å². The molecule has 1 fully saturated rings. The Hall–Kier alpha value is -1.60. The van der Waals surface area contributed by atoms with Crippen LogP contribution in [-0.4, -0.2) is 31.7 Å². The minimum Gasteiger partial charge on any atom is -0.321 e. The largest absolute Gasteiger partial charge is 0.321 e. The van der Waals surface area contributed by atoms with Gasteiger partial charge in [0.1, 0.15) is 0 Å². The van der Waals surface area contributed by atoms with E-state index < -0.39 is 15.9 Å².